The second-order valence-corrected chi connectivity index (χ2v) is 5.12. The van der Waals surface area contributed by atoms with Crippen LogP contribution in [-0.4, -0.2) is 6.10 Å². The maximum Gasteiger partial charge on any atom is 0.122 e. The topological polar surface area (TPSA) is 9.23 Å². The fourth-order valence-corrected chi connectivity index (χ4v) is 1.93. The van der Waals surface area contributed by atoms with Crippen LogP contribution in [0.25, 0.3) is 0 Å². The average molecular weight is 190 g/mol. The lowest BCUT2D eigenvalue weighted by atomic mass is 9.84. The van der Waals surface area contributed by atoms with E-state index in [4.69, 9.17) is 4.74 Å². The lowest BCUT2D eigenvalue weighted by molar-refractivity contribution is 0.0675. The molecule has 1 nitrogen and oxygen atoms in total. The molecular formula is C13H18O. The number of para-hydroxylation sites is 1. The van der Waals surface area contributed by atoms with Crippen LogP contribution in [0.5, 0.6) is 5.75 Å². The Morgan fingerprint density at radius 3 is 2.64 bits per heavy atom. The number of hydrogen-bond acceptors (Lipinski definition) is 1. The van der Waals surface area contributed by atoms with Crippen LogP contribution in [-0.2, 0) is 6.42 Å². The van der Waals surface area contributed by atoms with Gasteiger partial charge in [-0.05, 0) is 29.9 Å². The van der Waals surface area contributed by atoms with Crippen molar-refractivity contribution in [1.82, 2.24) is 0 Å². The Balaban J connectivity index is 2.22. The van der Waals surface area contributed by atoms with E-state index in [1.54, 1.807) is 0 Å². The molecule has 2 rings (SSSR count). The van der Waals surface area contributed by atoms with Gasteiger partial charge in [-0.15, -0.1) is 0 Å². The highest BCUT2D eigenvalue weighted by Gasteiger charge is 2.29. The Morgan fingerprint density at radius 2 is 1.93 bits per heavy atom. The highest BCUT2D eigenvalue weighted by Crippen LogP contribution is 2.34. The Labute approximate surface area is 86.1 Å². The molecule has 76 valence electrons. The molecule has 1 aromatic rings. The molecule has 0 N–H and O–H groups in total. The zero-order valence-electron chi connectivity index (χ0n) is 9.21. The number of rotatable bonds is 0. The molecule has 1 atom stereocenters. The van der Waals surface area contributed by atoms with Crippen molar-refractivity contribution >= 4 is 0 Å². The number of aryl methyl sites for hydroxylation is 1. The van der Waals surface area contributed by atoms with Crippen LogP contribution in [0.1, 0.15) is 32.8 Å². The zero-order valence-corrected chi connectivity index (χ0v) is 9.21. The lowest BCUT2D eigenvalue weighted by Gasteiger charge is -2.35. The molecule has 0 saturated carbocycles. The molecule has 0 aromatic heterocycles. The normalized spacial score (nSPS) is 21.2. The van der Waals surface area contributed by atoms with Crippen LogP contribution in [0.15, 0.2) is 24.3 Å². The Hall–Kier alpha value is -0.980. The highest BCUT2D eigenvalue weighted by atomic mass is 16.5. The predicted octanol–water partition coefficient (Wildman–Crippen LogP) is 3.43. The number of fused-ring (bicyclic) bond motifs is 1. The molecule has 1 aliphatic heterocycles. The summed E-state index contributed by atoms with van der Waals surface area (Å²) >= 11 is 0. The molecule has 0 spiro atoms. The summed E-state index contributed by atoms with van der Waals surface area (Å²) in [5.74, 6) is 1.08. The van der Waals surface area contributed by atoms with Crippen molar-refractivity contribution in [3.63, 3.8) is 0 Å². The Bertz CT molecular complexity index is 322. The fourth-order valence-electron chi connectivity index (χ4n) is 1.93. The van der Waals surface area contributed by atoms with Gasteiger partial charge in [0.1, 0.15) is 11.9 Å². The van der Waals surface area contributed by atoms with E-state index in [9.17, 15) is 0 Å². The van der Waals surface area contributed by atoms with Crippen molar-refractivity contribution in [2.45, 2.75) is 39.7 Å². The number of ether oxygens (including phenoxy) is 1. The highest BCUT2D eigenvalue weighted by molar-refractivity contribution is 5.35. The predicted molar refractivity (Wildman–Crippen MR) is 58.6 cm³/mol. The largest absolute Gasteiger partial charge is 0.490 e. The third-order valence-electron chi connectivity index (χ3n) is 2.88. The van der Waals surface area contributed by atoms with E-state index in [2.05, 4.69) is 39.0 Å². The van der Waals surface area contributed by atoms with Gasteiger partial charge in [-0.1, -0.05) is 39.0 Å². The van der Waals surface area contributed by atoms with E-state index in [-0.39, 0.29) is 5.41 Å². The second kappa shape index (κ2) is 3.30. The van der Waals surface area contributed by atoms with Gasteiger partial charge in [0.2, 0.25) is 0 Å². The molecule has 0 bridgehead atoms. The SMILES string of the molecule is CC(C)(C)C1CCc2ccccc2O1. The maximum atomic E-state index is 6.00. The molecule has 0 saturated heterocycles. The van der Waals surface area contributed by atoms with Crippen LogP contribution in [0, 0.1) is 5.41 Å². The summed E-state index contributed by atoms with van der Waals surface area (Å²) < 4.78 is 6.00. The summed E-state index contributed by atoms with van der Waals surface area (Å²) in [7, 11) is 0. The first-order valence-corrected chi connectivity index (χ1v) is 5.32. The average Bonchev–Trinajstić information content (AvgIpc) is 2.16. The van der Waals surface area contributed by atoms with E-state index in [1.807, 2.05) is 6.07 Å². The first kappa shape index (κ1) is 9.57. The molecule has 1 heteroatoms. The van der Waals surface area contributed by atoms with Gasteiger partial charge in [-0.3, -0.25) is 0 Å². The van der Waals surface area contributed by atoms with E-state index >= 15 is 0 Å². The van der Waals surface area contributed by atoms with Gasteiger partial charge in [-0.2, -0.15) is 0 Å². The van der Waals surface area contributed by atoms with Gasteiger partial charge < -0.3 is 4.74 Å². The summed E-state index contributed by atoms with van der Waals surface area (Å²) in [5, 5.41) is 0. The van der Waals surface area contributed by atoms with Crippen LogP contribution < -0.4 is 4.74 Å². The third kappa shape index (κ3) is 1.77. The first-order valence-electron chi connectivity index (χ1n) is 5.32. The standard InChI is InChI=1S/C13H18O/c1-13(2,3)12-9-8-10-6-4-5-7-11(10)14-12/h4-7,12H,8-9H2,1-3H3. The maximum absolute atomic E-state index is 6.00. The Morgan fingerprint density at radius 1 is 1.21 bits per heavy atom. The van der Waals surface area contributed by atoms with E-state index < -0.39 is 0 Å². The molecule has 0 amide bonds. The summed E-state index contributed by atoms with van der Waals surface area (Å²) in [4.78, 5) is 0. The van der Waals surface area contributed by atoms with Crippen molar-refractivity contribution in [3.05, 3.63) is 29.8 Å². The minimum Gasteiger partial charge on any atom is -0.490 e. The fraction of sp³-hybridized carbons (Fsp3) is 0.538. The van der Waals surface area contributed by atoms with Gasteiger partial charge in [0.15, 0.2) is 0 Å². The summed E-state index contributed by atoms with van der Waals surface area (Å²) in [6, 6.07) is 8.37. The molecular weight excluding hydrogens is 172 g/mol. The van der Waals surface area contributed by atoms with Gasteiger partial charge >= 0.3 is 0 Å². The minimum atomic E-state index is 0.244. The molecule has 1 unspecified atom stereocenters. The van der Waals surface area contributed by atoms with Crippen LogP contribution in [0.2, 0.25) is 0 Å². The minimum absolute atomic E-state index is 0.244. The molecule has 1 aliphatic rings. The van der Waals surface area contributed by atoms with Crippen LogP contribution in [0.4, 0.5) is 0 Å². The van der Waals surface area contributed by atoms with Gasteiger partial charge in [0.25, 0.3) is 0 Å². The molecule has 0 fully saturated rings. The van der Waals surface area contributed by atoms with Gasteiger partial charge in [-0.25, -0.2) is 0 Å². The first-order chi connectivity index (χ1) is 6.57. The molecule has 14 heavy (non-hydrogen) atoms. The van der Waals surface area contributed by atoms with Gasteiger partial charge in [0.05, 0.1) is 0 Å². The second-order valence-electron chi connectivity index (χ2n) is 5.12. The quantitative estimate of drug-likeness (QED) is 0.609. The third-order valence-corrected chi connectivity index (χ3v) is 2.88. The summed E-state index contributed by atoms with van der Waals surface area (Å²) in [6.45, 7) is 6.72. The molecule has 1 aromatic carbocycles. The van der Waals surface area contributed by atoms with Crippen LogP contribution in [0.3, 0.4) is 0 Å². The monoisotopic (exact) mass is 190 g/mol. The van der Waals surface area contributed by atoms with E-state index in [1.165, 1.54) is 5.56 Å². The molecule has 0 aliphatic carbocycles. The van der Waals surface area contributed by atoms with E-state index in [0.29, 0.717) is 6.10 Å². The lowest BCUT2D eigenvalue weighted by Crippen LogP contribution is -2.35. The smallest absolute Gasteiger partial charge is 0.122 e. The summed E-state index contributed by atoms with van der Waals surface area (Å²) in [6.07, 6.45) is 2.65. The van der Waals surface area contributed by atoms with Crippen molar-refractivity contribution in [2.24, 2.45) is 5.41 Å². The Kier molecular flexibility index (Phi) is 2.26. The van der Waals surface area contributed by atoms with Crippen molar-refractivity contribution in [3.8, 4) is 5.75 Å². The zero-order chi connectivity index (χ0) is 10.2. The van der Waals surface area contributed by atoms with Crippen molar-refractivity contribution in [1.29, 1.82) is 0 Å². The van der Waals surface area contributed by atoms with Crippen LogP contribution >= 0.6 is 0 Å². The van der Waals surface area contributed by atoms with Gasteiger partial charge in [0, 0.05) is 0 Å². The summed E-state index contributed by atoms with van der Waals surface area (Å²) in [5.41, 5.74) is 1.60. The molecule has 0 radical (unpaired) electrons. The molecule has 1 heterocycles. The van der Waals surface area contributed by atoms with E-state index in [0.717, 1.165) is 18.6 Å². The van der Waals surface area contributed by atoms with Crippen molar-refractivity contribution in [2.75, 3.05) is 0 Å². The number of hydrogen-bond donors (Lipinski definition) is 0. The van der Waals surface area contributed by atoms with Crippen molar-refractivity contribution < 1.29 is 4.74 Å². The number of benzene rings is 1.